The van der Waals surface area contributed by atoms with Gasteiger partial charge in [-0.1, -0.05) is 12.1 Å². The number of anilines is 1. The predicted octanol–water partition coefficient (Wildman–Crippen LogP) is 3.34. The van der Waals surface area contributed by atoms with Crippen LogP contribution < -0.4 is 4.90 Å². The average Bonchev–Trinajstić information content (AvgIpc) is 2.64. The number of benzene rings is 1. The maximum absolute atomic E-state index is 11.5. The molecule has 0 amide bonds. The molecule has 138 valence electrons. The number of carboxylic acids is 1. The summed E-state index contributed by atoms with van der Waals surface area (Å²) in [5.74, 6) is -0.989. The van der Waals surface area contributed by atoms with Gasteiger partial charge in [-0.15, -0.1) is 0 Å². The van der Waals surface area contributed by atoms with Crippen LogP contribution in [-0.2, 0) is 4.79 Å². The van der Waals surface area contributed by atoms with Gasteiger partial charge in [0.1, 0.15) is 0 Å². The third-order valence-corrected chi connectivity index (χ3v) is 5.25. The number of likely N-dealkylation sites (tertiary alicyclic amines) is 1. The summed E-state index contributed by atoms with van der Waals surface area (Å²) in [5.41, 5.74) is 4.67. The van der Waals surface area contributed by atoms with E-state index in [0.29, 0.717) is 6.54 Å². The van der Waals surface area contributed by atoms with Crippen molar-refractivity contribution in [1.29, 1.82) is 0 Å². The molecule has 5 heteroatoms. The van der Waals surface area contributed by atoms with E-state index in [0.717, 1.165) is 30.6 Å². The van der Waals surface area contributed by atoms with Crippen molar-refractivity contribution in [1.82, 2.24) is 9.88 Å². The highest BCUT2D eigenvalue weighted by molar-refractivity contribution is 5.70. The fourth-order valence-corrected chi connectivity index (χ4v) is 3.78. The first-order chi connectivity index (χ1) is 12.5. The molecule has 0 bridgehead atoms. The SMILES string of the molecule is Cc1cnccc1C(c1ccc(N(C)C)cc1)N1CCCC(C(=O)O)C1. The van der Waals surface area contributed by atoms with Crippen LogP contribution in [-0.4, -0.2) is 48.1 Å². The van der Waals surface area contributed by atoms with E-state index >= 15 is 0 Å². The van der Waals surface area contributed by atoms with E-state index in [2.05, 4.69) is 52.0 Å². The van der Waals surface area contributed by atoms with Crippen molar-refractivity contribution >= 4 is 11.7 Å². The van der Waals surface area contributed by atoms with Crippen molar-refractivity contribution in [3.05, 3.63) is 59.4 Å². The van der Waals surface area contributed by atoms with E-state index in [1.807, 2.05) is 26.5 Å². The van der Waals surface area contributed by atoms with Crippen LogP contribution in [0.1, 0.15) is 35.6 Å². The Hall–Kier alpha value is -2.40. The van der Waals surface area contributed by atoms with Crippen molar-refractivity contribution in [2.24, 2.45) is 5.92 Å². The lowest BCUT2D eigenvalue weighted by Gasteiger charge is -2.38. The standard InChI is InChI=1S/C21H27N3O2/c1-15-13-22-11-10-19(15)20(16-6-8-18(9-7-16)23(2)3)24-12-4-5-17(14-24)21(25)26/h6-11,13,17,20H,4-5,12,14H2,1-3H3,(H,25,26). The summed E-state index contributed by atoms with van der Waals surface area (Å²) in [4.78, 5) is 20.2. The molecule has 1 aromatic heterocycles. The summed E-state index contributed by atoms with van der Waals surface area (Å²) in [6.07, 6.45) is 5.37. The van der Waals surface area contributed by atoms with E-state index in [1.165, 1.54) is 11.1 Å². The molecule has 2 unspecified atom stereocenters. The van der Waals surface area contributed by atoms with Crippen LogP contribution in [0.4, 0.5) is 5.69 Å². The molecule has 1 saturated heterocycles. The Balaban J connectivity index is 1.99. The summed E-state index contributed by atoms with van der Waals surface area (Å²) in [7, 11) is 4.06. The monoisotopic (exact) mass is 353 g/mol. The molecule has 1 aliphatic heterocycles. The van der Waals surface area contributed by atoms with Crippen LogP contribution in [0.5, 0.6) is 0 Å². The van der Waals surface area contributed by atoms with Gasteiger partial charge in [0, 0.05) is 38.7 Å². The summed E-state index contributed by atoms with van der Waals surface area (Å²) in [6.45, 7) is 3.56. The van der Waals surface area contributed by atoms with Crippen molar-refractivity contribution in [3.63, 3.8) is 0 Å². The predicted molar refractivity (Wildman–Crippen MR) is 104 cm³/mol. The molecule has 2 heterocycles. The first-order valence-corrected chi connectivity index (χ1v) is 9.12. The lowest BCUT2D eigenvalue weighted by atomic mass is 9.90. The number of rotatable bonds is 5. The topological polar surface area (TPSA) is 56.7 Å². The van der Waals surface area contributed by atoms with Gasteiger partial charge in [0.15, 0.2) is 0 Å². The van der Waals surface area contributed by atoms with Gasteiger partial charge in [-0.3, -0.25) is 14.7 Å². The van der Waals surface area contributed by atoms with Crippen LogP contribution in [0, 0.1) is 12.8 Å². The molecular weight excluding hydrogens is 326 g/mol. The second-order valence-electron chi connectivity index (χ2n) is 7.29. The van der Waals surface area contributed by atoms with E-state index in [-0.39, 0.29) is 12.0 Å². The largest absolute Gasteiger partial charge is 0.481 e. The second kappa shape index (κ2) is 7.87. The normalized spacial score (nSPS) is 19.1. The Morgan fingerprint density at radius 3 is 2.62 bits per heavy atom. The minimum absolute atomic E-state index is 0.0522. The highest BCUT2D eigenvalue weighted by atomic mass is 16.4. The third-order valence-electron chi connectivity index (χ3n) is 5.25. The summed E-state index contributed by atoms with van der Waals surface area (Å²) < 4.78 is 0. The van der Waals surface area contributed by atoms with Gasteiger partial charge in [0.05, 0.1) is 12.0 Å². The zero-order chi connectivity index (χ0) is 18.7. The van der Waals surface area contributed by atoms with Crippen molar-refractivity contribution < 1.29 is 9.90 Å². The van der Waals surface area contributed by atoms with Gasteiger partial charge < -0.3 is 10.0 Å². The molecule has 1 N–H and O–H groups in total. The Morgan fingerprint density at radius 1 is 1.27 bits per heavy atom. The number of aliphatic carboxylic acids is 1. The molecule has 5 nitrogen and oxygen atoms in total. The molecule has 1 fully saturated rings. The van der Waals surface area contributed by atoms with Gasteiger partial charge in [-0.05, 0) is 61.2 Å². The zero-order valence-corrected chi connectivity index (χ0v) is 15.7. The molecule has 0 saturated carbocycles. The minimum atomic E-state index is -0.692. The highest BCUT2D eigenvalue weighted by Gasteiger charge is 2.31. The highest BCUT2D eigenvalue weighted by Crippen LogP contribution is 2.34. The summed E-state index contributed by atoms with van der Waals surface area (Å²) in [6, 6.07) is 10.7. The Kier molecular flexibility index (Phi) is 5.57. The van der Waals surface area contributed by atoms with Crippen molar-refractivity contribution in [3.8, 4) is 0 Å². The number of piperidine rings is 1. The smallest absolute Gasteiger partial charge is 0.307 e. The second-order valence-corrected chi connectivity index (χ2v) is 7.29. The zero-order valence-electron chi connectivity index (χ0n) is 15.7. The number of pyridine rings is 1. The minimum Gasteiger partial charge on any atom is -0.481 e. The Morgan fingerprint density at radius 2 is 2.00 bits per heavy atom. The number of carboxylic acid groups (broad SMARTS) is 1. The molecule has 1 aliphatic rings. The molecule has 1 aromatic carbocycles. The van der Waals surface area contributed by atoms with Crippen LogP contribution in [0.25, 0.3) is 0 Å². The lowest BCUT2D eigenvalue weighted by molar-refractivity contribution is -0.143. The van der Waals surface area contributed by atoms with Crippen LogP contribution >= 0.6 is 0 Å². The van der Waals surface area contributed by atoms with Gasteiger partial charge in [0.2, 0.25) is 0 Å². The number of carbonyl (C=O) groups is 1. The summed E-state index contributed by atoms with van der Waals surface area (Å²) in [5, 5.41) is 9.49. The maximum Gasteiger partial charge on any atom is 0.307 e. The van der Waals surface area contributed by atoms with Crippen LogP contribution in [0.3, 0.4) is 0 Å². The first-order valence-electron chi connectivity index (χ1n) is 9.12. The van der Waals surface area contributed by atoms with Gasteiger partial charge >= 0.3 is 5.97 Å². The van der Waals surface area contributed by atoms with Crippen molar-refractivity contribution in [2.75, 3.05) is 32.1 Å². The van der Waals surface area contributed by atoms with E-state index in [9.17, 15) is 9.90 Å². The number of aromatic nitrogens is 1. The molecule has 0 spiro atoms. The fourth-order valence-electron chi connectivity index (χ4n) is 3.78. The number of aryl methyl sites for hydroxylation is 1. The molecule has 2 atom stereocenters. The molecule has 0 aliphatic carbocycles. The molecular formula is C21H27N3O2. The number of nitrogens with zero attached hydrogens (tertiary/aromatic N) is 3. The molecule has 2 aromatic rings. The number of hydrogen-bond donors (Lipinski definition) is 1. The van der Waals surface area contributed by atoms with Gasteiger partial charge in [-0.25, -0.2) is 0 Å². The third kappa shape index (κ3) is 3.88. The first kappa shape index (κ1) is 18.4. The lowest BCUT2D eigenvalue weighted by Crippen LogP contribution is -2.41. The quantitative estimate of drug-likeness (QED) is 0.893. The van der Waals surface area contributed by atoms with Crippen LogP contribution in [0.2, 0.25) is 0 Å². The average molecular weight is 353 g/mol. The summed E-state index contributed by atoms with van der Waals surface area (Å²) >= 11 is 0. The maximum atomic E-state index is 11.5. The van der Waals surface area contributed by atoms with Gasteiger partial charge in [-0.2, -0.15) is 0 Å². The van der Waals surface area contributed by atoms with Crippen LogP contribution in [0.15, 0.2) is 42.7 Å². The van der Waals surface area contributed by atoms with E-state index in [4.69, 9.17) is 0 Å². The Labute approximate surface area is 155 Å². The molecule has 3 rings (SSSR count). The van der Waals surface area contributed by atoms with E-state index in [1.54, 1.807) is 0 Å². The van der Waals surface area contributed by atoms with E-state index < -0.39 is 5.97 Å². The fraction of sp³-hybridized carbons (Fsp3) is 0.429. The molecule has 0 radical (unpaired) electrons. The van der Waals surface area contributed by atoms with Gasteiger partial charge in [0.25, 0.3) is 0 Å². The number of hydrogen-bond acceptors (Lipinski definition) is 4. The van der Waals surface area contributed by atoms with Crippen molar-refractivity contribution in [2.45, 2.75) is 25.8 Å². The Bertz CT molecular complexity index is 758. The molecule has 26 heavy (non-hydrogen) atoms.